The zero-order valence-corrected chi connectivity index (χ0v) is 23.7. The largest absolute Gasteiger partial charge is 0.483 e. The molecule has 1 amide bonds. The van der Waals surface area contributed by atoms with Crippen molar-refractivity contribution < 1.29 is 14.3 Å². The number of ether oxygens (including phenoxy) is 2. The summed E-state index contributed by atoms with van der Waals surface area (Å²) in [4.78, 5) is 14.2. The number of para-hydroxylation sites is 2. The number of carbonyl (C=O) groups is 1. The number of aryl methyl sites for hydroxylation is 4. The van der Waals surface area contributed by atoms with Crippen LogP contribution in [0.2, 0.25) is 0 Å². The summed E-state index contributed by atoms with van der Waals surface area (Å²) < 4.78 is 14.5. The van der Waals surface area contributed by atoms with Crippen LogP contribution in [0.1, 0.15) is 61.6 Å². The molecule has 2 aromatic carbocycles. The molecule has 38 heavy (non-hydrogen) atoms. The Morgan fingerprint density at radius 1 is 0.895 bits per heavy atom. The van der Waals surface area contributed by atoms with Crippen molar-refractivity contribution in [3.8, 4) is 11.4 Å². The van der Waals surface area contributed by atoms with Crippen molar-refractivity contribution in [1.82, 2.24) is 19.7 Å². The first-order chi connectivity index (χ1) is 18.0. The lowest BCUT2D eigenvalue weighted by Crippen LogP contribution is -2.35. The van der Waals surface area contributed by atoms with Crippen molar-refractivity contribution in [3.63, 3.8) is 0 Å². The summed E-state index contributed by atoms with van der Waals surface area (Å²) in [5.41, 5.74) is 5.49. The molecular formula is C31H38N4O3. The highest BCUT2D eigenvalue weighted by Crippen LogP contribution is 2.36. The van der Waals surface area contributed by atoms with Gasteiger partial charge < -0.3 is 18.9 Å². The Kier molecular flexibility index (Phi) is 7.76. The Morgan fingerprint density at radius 3 is 2.03 bits per heavy atom. The summed E-state index contributed by atoms with van der Waals surface area (Å²) in [7, 11) is 1.76. The van der Waals surface area contributed by atoms with E-state index in [-0.39, 0.29) is 12.2 Å². The molecule has 0 saturated carbocycles. The van der Waals surface area contributed by atoms with E-state index in [0.717, 1.165) is 50.5 Å². The van der Waals surface area contributed by atoms with Crippen LogP contribution in [0, 0.1) is 27.7 Å². The average molecular weight is 515 g/mol. The summed E-state index contributed by atoms with van der Waals surface area (Å²) >= 11 is 0. The van der Waals surface area contributed by atoms with Gasteiger partial charge in [-0.05, 0) is 66.2 Å². The molecule has 1 unspecified atom stereocenters. The van der Waals surface area contributed by atoms with Gasteiger partial charge in [0.05, 0.1) is 17.1 Å². The fraction of sp³-hybridized carbons (Fsp3) is 0.387. The lowest BCUT2D eigenvalue weighted by molar-refractivity contribution is 0.0278. The van der Waals surface area contributed by atoms with Crippen LogP contribution in [0.4, 0.5) is 4.79 Å². The fourth-order valence-electron chi connectivity index (χ4n) is 4.93. The highest BCUT2D eigenvalue weighted by atomic mass is 16.6. The molecule has 0 saturated heterocycles. The Hall–Kier alpha value is -3.87. The lowest BCUT2D eigenvalue weighted by atomic mass is 10.1. The SMILES string of the molecule is Cc1nnc(C)c2c(C)n(-c3ccccc3OC(CCN(C)C(=O)OC(C)(C)C)c3ccccc3)c(C)c12. The normalized spacial score (nSPS) is 12.4. The van der Waals surface area contributed by atoms with Gasteiger partial charge in [0.15, 0.2) is 0 Å². The minimum atomic E-state index is -0.544. The van der Waals surface area contributed by atoms with Gasteiger partial charge in [0, 0.05) is 42.2 Å². The molecule has 0 spiro atoms. The third-order valence-corrected chi connectivity index (χ3v) is 6.70. The standard InChI is InChI=1S/C31H38N4O3/c1-20-28-22(3)35(23(4)29(28)21(2)33-32-20)25-16-12-13-17-27(25)37-26(24-14-10-9-11-15-24)18-19-34(8)30(36)38-31(5,6)7/h9-17,26H,18-19H2,1-8H3. The number of rotatable bonds is 7. The Morgan fingerprint density at radius 2 is 1.45 bits per heavy atom. The molecule has 4 rings (SSSR count). The van der Waals surface area contributed by atoms with Crippen LogP contribution in [-0.4, -0.2) is 45.0 Å². The number of benzene rings is 2. The highest BCUT2D eigenvalue weighted by Gasteiger charge is 2.24. The molecule has 7 heteroatoms. The maximum absolute atomic E-state index is 12.6. The minimum absolute atomic E-state index is 0.264. The van der Waals surface area contributed by atoms with Gasteiger partial charge >= 0.3 is 6.09 Å². The van der Waals surface area contributed by atoms with E-state index in [1.54, 1.807) is 11.9 Å². The molecule has 2 heterocycles. The molecule has 0 aliphatic heterocycles. The maximum atomic E-state index is 12.6. The van der Waals surface area contributed by atoms with Crippen LogP contribution in [0.5, 0.6) is 5.75 Å². The zero-order valence-electron chi connectivity index (χ0n) is 23.7. The third-order valence-electron chi connectivity index (χ3n) is 6.70. The molecule has 0 N–H and O–H groups in total. The molecule has 7 nitrogen and oxygen atoms in total. The number of fused-ring (bicyclic) bond motifs is 1. The highest BCUT2D eigenvalue weighted by molar-refractivity contribution is 5.92. The van der Waals surface area contributed by atoms with E-state index < -0.39 is 5.60 Å². The van der Waals surface area contributed by atoms with E-state index in [1.807, 2.05) is 71.0 Å². The number of hydrogen-bond acceptors (Lipinski definition) is 5. The molecule has 2 aromatic heterocycles. The second kappa shape index (κ2) is 10.9. The Balaban J connectivity index is 1.69. The average Bonchev–Trinajstić information content (AvgIpc) is 3.14. The first-order valence-electron chi connectivity index (χ1n) is 13.0. The summed E-state index contributed by atoms with van der Waals surface area (Å²) in [6, 6.07) is 18.2. The predicted molar refractivity (Wildman–Crippen MR) is 151 cm³/mol. The van der Waals surface area contributed by atoms with Crippen molar-refractivity contribution >= 4 is 16.9 Å². The van der Waals surface area contributed by atoms with Crippen LogP contribution < -0.4 is 4.74 Å². The maximum Gasteiger partial charge on any atom is 0.410 e. The van der Waals surface area contributed by atoms with Crippen LogP contribution >= 0.6 is 0 Å². The van der Waals surface area contributed by atoms with E-state index in [0.29, 0.717) is 13.0 Å². The molecule has 0 bridgehead atoms. The molecule has 0 aliphatic carbocycles. The van der Waals surface area contributed by atoms with E-state index in [9.17, 15) is 4.79 Å². The summed E-state index contributed by atoms with van der Waals surface area (Å²) in [6.45, 7) is 14.3. The van der Waals surface area contributed by atoms with Gasteiger partial charge in [-0.15, -0.1) is 0 Å². The van der Waals surface area contributed by atoms with Crippen LogP contribution in [0.3, 0.4) is 0 Å². The molecule has 1 atom stereocenters. The molecule has 0 radical (unpaired) electrons. The van der Waals surface area contributed by atoms with Gasteiger partial charge in [0.1, 0.15) is 17.5 Å². The molecule has 0 fully saturated rings. The summed E-state index contributed by atoms with van der Waals surface area (Å²) in [5.74, 6) is 0.768. The molecule has 4 aromatic rings. The van der Waals surface area contributed by atoms with Gasteiger partial charge in [0.2, 0.25) is 0 Å². The number of nitrogens with zero attached hydrogens (tertiary/aromatic N) is 4. The summed E-state index contributed by atoms with van der Waals surface area (Å²) in [5, 5.41) is 11.0. The third kappa shape index (κ3) is 5.67. The van der Waals surface area contributed by atoms with Crippen molar-refractivity contribution in [2.45, 2.75) is 66.6 Å². The van der Waals surface area contributed by atoms with Crippen molar-refractivity contribution in [1.29, 1.82) is 0 Å². The molecule has 0 aliphatic rings. The lowest BCUT2D eigenvalue weighted by Gasteiger charge is -2.27. The molecule has 200 valence electrons. The fourth-order valence-corrected chi connectivity index (χ4v) is 4.93. The Bertz CT molecular complexity index is 1390. The minimum Gasteiger partial charge on any atom is -0.483 e. The van der Waals surface area contributed by atoms with Crippen LogP contribution in [-0.2, 0) is 4.74 Å². The van der Waals surface area contributed by atoms with E-state index in [4.69, 9.17) is 9.47 Å². The molecular weight excluding hydrogens is 476 g/mol. The van der Waals surface area contributed by atoms with E-state index in [2.05, 4.69) is 46.8 Å². The monoisotopic (exact) mass is 514 g/mol. The summed E-state index contributed by atoms with van der Waals surface area (Å²) in [6.07, 6.45) is -0.00578. The van der Waals surface area contributed by atoms with E-state index in [1.165, 1.54) is 0 Å². The van der Waals surface area contributed by atoms with Crippen molar-refractivity contribution in [2.75, 3.05) is 13.6 Å². The topological polar surface area (TPSA) is 69.5 Å². The first-order valence-corrected chi connectivity index (χ1v) is 13.0. The van der Waals surface area contributed by atoms with Crippen molar-refractivity contribution in [2.24, 2.45) is 0 Å². The van der Waals surface area contributed by atoms with Crippen LogP contribution in [0.25, 0.3) is 16.5 Å². The van der Waals surface area contributed by atoms with Crippen molar-refractivity contribution in [3.05, 3.63) is 82.9 Å². The zero-order chi connectivity index (χ0) is 27.6. The van der Waals surface area contributed by atoms with E-state index >= 15 is 0 Å². The van der Waals surface area contributed by atoms with Crippen LogP contribution in [0.15, 0.2) is 54.6 Å². The second-order valence-electron chi connectivity index (χ2n) is 10.8. The number of hydrogen-bond donors (Lipinski definition) is 0. The van der Waals surface area contributed by atoms with Gasteiger partial charge in [-0.2, -0.15) is 10.2 Å². The number of carbonyl (C=O) groups excluding carboxylic acids is 1. The van der Waals surface area contributed by atoms with Gasteiger partial charge in [-0.1, -0.05) is 42.5 Å². The predicted octanol–water partition coefficient (Wildman–Crippen LogP) is 7.03. The number of aromatic nitrogens is 3. The smallest absolute Gasteiger partial charge is 0.410 e. The van der Waals surface area contributed by atoms with Gasteiger partial charge in [0.25, 0.3) is 0 Å². The van der Waals surface area contributed by atoms with Gasteiger partial charge in [-0.25, -0.2) is 4.79 Å². The van der Waals surface area contributed by atoms with Gasteiger partial charge in [-0.3, -0.25) is 0 Å². The second-order valence-corrected chi connectivity index (χ2v) is 10.8. The number of amides is 1. The Labute approximate surface area is 225 Å². The quantitative estimate of drug-likeness (QED) is 0.265. The first kappa shape index (κ1) is 27.2.